The third kappa shape index (κ3) is 0.910. The number of ketones is 1. The maximum absolute atomic E-state index is 10.9. The van der Waals surface area contributed by atoms with Crippen molar-refractivity contribution in [2.75, 3.05) is 6.61 Å². The van der Waals surface area contributed by atoms with Gasteiger partial charge in [-0.25, -0.2) is 0 Å². The Morgan fingerprint density at radius 3 is 3.00 bits per heavy atom. The fourth-order valence-corrected chi connectivity index (χ4v) is 1.29. The van der Waals surface area contributed by atoms with Crippen LogP contribution in [0.3, 0.4) is 0 Å². The Bertz CT molecular complexity index is 233. The molecule has 2 aliphatic rings. The van der Waals surface area contributed by atoms with Gasteiger partial charge < -0.3 is 14.9 Å². The topological polar surface area (TPSA) is 70.1 Å². The van der Waals surface area contributed by atoms with Gasteiger partial charge in [0.05, 0.1) is 6.61 Å². The zero-order valence-electron chi connectivity index (χ0n) is 5.73. The second kappa shape index (κ2) is 2.14. The molecule has 60 valence electrons. The molecule has 0 aromatic rings. The van der Waals surface area contributed by atoms with E-state index in [-0.39, 0.29) is 12.4 Å². The van der Waals surface area contributed by atoms with Crippen LogP contribution < -0.4 is 0 Å². The Labute approximate surface area is 63.1 Å². The summed E-state index contributed by atoms with van der Waals surface area (Å²) in [5, 5.41) is 18.0. The molecule has 4 nitrogen and oxygen atoms in total. The van der Waals surface area contributed by atoms with Crippen LogP contribution in [0.5, 0.6) is 0 Å². The van der Waals surface area contributed by atoms with Gasteiger partial charge in [-0.3, -0.25) is 4.79 Å². The van der Waals surface area contributed by atoms with E-state index in [0.717, 1.165) is 0 Å². The van der Waals surface area contributed by atoms with Gasteiger partial charge >= 0.3 is 0 Å². The lowest BCUT2D eigenvalue weighted by atomic mass is 9.96. The van der Waals surface area contributed by atoms with E-state index in [1.165, 1.54) is 6.08 Å². The summed E-state index contributed by atoms with van der Waals surface area (Å²) in [5.41, 5.74) is 0.355. The van der Waals surface area contributed by atoms with Crippen molar-refractivity contribution in [2.45, 2.75) is 18.3 Å². The summed E-state index contributed by atoms with van der Waals surface area (Å²) in [6.07, 6.45) is -0.364. The van der Waals surface area contributed by atoms with Gasteiger partial charge in [-0.05, 0) is 11.6 Å². The maximum Gasteiger partial charge on any atom is 0.187 e. The molecule has 3 atom stereocenters. The molecule has 0 saturated carbocycles. The summed E-state index contributed by atoms with van der Waals surface area (Å²) in [5.74, 6) is -0.149. The number of ether oxygens (including phenoxy) is 1. The van der Waals surface area contributed by atoms with E-state index in [1.54, 1.807) is 0 Å². The summed E-state index contributed by atoms with van der Waals surface area (Å²) >= 11 is 0. The predicted molar refractivity (Wildman–Crippen MR) is 34.8 cm³/mol. The minimum absolute atomic E-state index is 0.149. The average molecular weight is 156 g/mol. The van der Waals surface area contributed by atoms with Crippen LogP contribution >= 0.6 is 0 Å². The second-order valence-corrected chi connectivity index (χ2v) is 2.75. The summed E-state index contributed by atoms with van der Waals surface area (Å²) in [6.45, 7) is -0.278. The Hall–Kier alpha value is -0.710. The Morgan fingerprint density at radius 1 is 1.64 bits per heavy atom. The van der Waals surface area contributed by atoms with Crippen molar-refractivity contribution in [3.63, 3.8) is 0 Å². The second-order valence-electron chi connectivity index (χ2n) is 2.75. The van der Waals surface area contributed by atoms with E-state index in [1.807, 2.05) is 0 Å². The Morgan fingerprint density at radius 2 is 2.36 bits per heavy atom. The highest BCUT2D eigenvalue weighted by atomic mass is 16.6. The van der Waals surface area contributed by atoms with Gasteiger partial charge in [-0.2, -0.15) is 0 Å². The number of carbonyl (C=O) groups is 1. The van der Waals surface area contributed by atoms with Gasteiger partial charge in [-0.15, -0.1) is 0 Å². The standard InChI is InChI=1S/C7H8O4/c8-2-3-1-4(9)6-7(11-6)5(3)10/h1,5-8,10H,2H2/t5-,6-,7+/m0/s1. The molecule has 0 unspecified atom stereocenters. The van der Waals surface area contributed by atoms with Crippen molar-refractivity contribution in [3.8, 4) is 0 Å². The van der Waals surface area contributed by atoms with Crippen LogP contribution in [0, 0.1) is 0 Å². The summed E-state index contributed by atoms with van der Waals surface area (Å²) in [4.78, 5) is 10.9. The van der Waals surface area contributed by atoms with Crippen LogP contribution in [0.15, 0.2) is 11.6 Å². The molecule has 0 aromatic heterocycles. The van der Waals surface area contributed by atoms with Crippen molar-refractivity contribution in [1.29, 1.82) is 0 Å². The average Bonchev–Trinajstić information content (AvgIpc) is 2.75. The highest BCUT2D eigenvalue weighted by Crippen LogP contribution is 2.33. The predicted octanol–water partition coefficient (Wildman–Crippen LogP) is -1.38. The first-order chi connectivity index (χ1) is 5.24. The Kier molecular flexibility index (Phi) is 1.35. The number of carbonyl (C=O) groups excluding carboxylic acids is 1. The first-order valence-corrected chi connectivity index (χ1v) is 3.42. The van der Waals surface area contributed by atoms with Crippen molar-refractivity contribution in [3.05, 3.63) is 11.6 Å². The van der Waals surface area contributed by atoms with Crippen LogP contribution in [-0.2, 0) is 9.53 Å². The maximum atomic E-state index is 10.9. The molecule has 4 heteroatoms. The van der Waals surface area contributed by atoms with E-state index in [4.69, 9.17) is 9.84 Å². The molecule has 0 spiro atoms. The molecule has 1 aliphatic heterocycles. The summed E-state index contributed by atoms with van der Waals surface area (Å²) in [7, 11) is 0. The third-order valence-corrected chi connectivity index (χ3v) is 2.01. The fourth-order valence-electron chi connectivity index (χ4n) is 1.29. The molecular weight excluding hydrogens is 148 g/mol. The lowest BCUT2D eigenvalue weighted by Crippen LogP contribution is -2.29. The molecule has 2 rings (SSSR count). The molecule has 1 fully saturated rings. The van der Waals surface area contributed by atoms with Gasteiger partial charge in [0.1, 0.15) is 18.3 Å². The van der Waals surface area contributed by atoms with Crippen LogP contribution in [0.2, 0.25) is 0 Å². The lowest BCUT2D eigenvalue weighted by molar-refractivity contribution is -0.116. The smallest absolute Gasteiger partial charge is 0.187 e. The monoisotopic (exact) mass is 156 g/mol. The molecule has 0 aromatic carbocycles. The van der Waals surface area contributed by atoms with Crippen molar-refractivity contribution in [2.24, 2.45) is 0 Å². The number of aliphatic hydroxyl groups is 2. The normalized spacial score (nSPS) is 41.5. The molecule has 0 radical (unpaired) electrons. The number of hydrogen-bond acceptors (Lipinski definition) is 4. The highest BCUT2D eigenvalue weighted by molar-refractivity contribution is 5.98. The lowest BCUT2D eigenvalue weighted by Gasteiger charge is -2.12. The summed E-state index contributed by atoms with van der Waals surface area (Å²) in [6, 6.07) is 0. The molecule has 1 aliphatic carbocycles. The van der Waals surface area contributed by atoms with E-state index in [9.17, 15) is 9.90 Å². The minimum Gasteiger partial charge on any atom is -0.392 e. The number of fused-ring (bicyclic) bond motifs is 1. The fraction of sp³-hybridized carbons (Fsp3) is 0.571. The quantitative estimate of drug-likeness (QED) is 0.459. The SMILES string of the molecule is O=C1C=C(CO)[C@H](O)[C@H]2O[C@@H]12. The van der Waals surface area contributed by atoms with E-state index >= 15 is 0 Å². The van der Waals surface area contributed by atoms with Crippen LogP contribution in [-0.4, -0.2) is 40.9 Å². The molecule has 1 heterocycles. The van der Waals surface area contributed by atoms with Crippen molar-refractivity contribution in [1.82, 2.24) is 0 Å². The van der Waals surface area contributed by atoms with E-state index in [0.29, 0.717) is 5.57 Å². The van der Waals surface area contributed by atoms with Gasteiger partial charge in [-0.1, -0.05) is 0 Å². The van der Waals surface area contributed by atoms with Crippen LogP contribution in [0.25, 0.3) is 0 Å². The molecule has 11 heavy (non-hydrogen) atoms. The first kappa shape index (κ1) is 6.97. The van der Waals surface area contributed by atoms with Crippen LogP contribution in [0.4, 0.5) is 0 Å². The van der Waals surface area contributed by atoms with Crippen molar-refractivity contribution >= 4 is 5.78 Å². The largest absolute Gasteiger partial charge is 0.392 e. The minimum atomic E-state index is -0.789. The number of rotatable bonds is 1. The molecule has 2 N–H and O–H groups in total. The van der Waals surface area contributed by atoms with Gasteiger partial charge in [0.25, 0.3) is 0 Å². The van der Waals surface area contributed by atoms with Crippen molar-refractivity contribution < 1.29 is 19.7 Å². The van der Waals surface area contributed by atoms with E-state index in [2.05, 4.69) is 0 Å². The number of hydrogen-bond donors (Lipinski definition) is 2. The number of aliphatic hydroxyl groups excluding tert-OH is 2. The highest BCUT2D eigenvalue weighted by Gasteiger charge is 2.52. The zero-order chi connectivity index (χ0) is 8.01. The number of epoxide rings is 1. The van der Waals surface area contributed by atoms with Crippen LogP contribution in [0.1, 0.15) is 0 Å². The van der Waals surface area contributed by atoms with Gasteiger partial charge in [0, 0.05) is 0 Å². The molecular formula is C7H8O4. The summed E-state index contributed by atoms with van der Waals surface area (Å²) < 4.78 is 4.87. The molecule has 0 amide bonds. The van der Waals surface area contributed by atoms with Gasteiger partial charge in [0.15, 0.2) is 5.78 Å². The molecule has 0 bridgehead atoms. The third-order valence-electron chi connectivity index (χ3n) is 2.01. The van der Waals surface area contributed by atoms with Gasteiger partial charge in [0.2, 0.25) is 0 Å². The zero-order valence-corrected chi connectivity index (χ0v) is 5.73. The Balaban J connectivity index is 2.25. The first-order valence-electron chi connectivity index (χ1n) is 3.42. The molecule has 1 saturated heterocycles. The van der Waals surface area contributed by atoms with E-state index < -0.39 is 18.3 Å².